The number of hydrogen-bond acceptors (Lipinski definition) is 2. The molecular formula is C10H15NO. The SMILES string of the molecule is Cc1ccc([C@@H](N)[C@H](C)O)cc1. The zero-order chi connectivity index (χ0) is 9.14. The Kier molecular flexibility index (Phi) is 2.84. The Labute approximate surface area is 73.0 Å². The van der Waals surface area contributed by atoms with Crippen molar-refractivity contribution in [2.24, 2.45) is 5.73 Å². The summed E-state index contributed by atoms with van der Waals surface area (Å²) >= 11 is 0. The van der Waals surface area contributed by atoms with Gasteiger partial charge in [0.15, 0.2) is 0 Å². The van der Waals surface area contributed by atoms with Gasteiger partial charge in [0.1, 0.15) is 0 Å². The number of aliphatic hydroxyl groups excluding tert-OH is 1. The van der Waals surface area contributed by atoms with Crippen LogP contribution in [0.25, 0.3) is 0 Å². The smallest absolute Gasteiger partial charge is 0.0704 e. The van der Waals surface area contributed by atoms with E-state index in [0.717, 1.165) is 5.56 Å². The summed E-state index contributed by atoms with van der Waals surface area (Å²) < 4.78 is 0. The highest BCUT2D eigenvalue weighted by atomic mass is 16.3. The first-order valence-electron chi connectivity index (χ1n) is 4.11. The molecule has 0 aromatic heterocycles. The molecule has 0 bridgehead atoms. The van der Waals surface area contributed by atoms with Gasteiger partial charge in [0, 0.05) is 0 Å². The molecule has 3 N–H and O–H groups in total. The van der Waals surface area contributed by atoms with E-state index < -0.39 is 6.10 Å². The van der Waals surface area contributed by atoms with Crippen LogP contribution in [0.5, 0.6) is 0 Å². The molecule has 0 saturated carbocycles. The van der Waals surface area contributed by atoms with Crippen molar-refractivity contribution in [2.75, 3.05) is 0 Å². The van der Waals surface area contributed by atoms with Crippen molar-refractivity contribution in [1.82, 2.24) is 0 Å². The maximum atomic E-state index is 9.22. The van der Waals surface area contributed by atoms with Crippen LogP contribution in [0.1, 0.15) is 24.1 Å². The minimum atomic E-state index is -0.493. The molecule has 0 spiro atoms. The van der Waals surface area contributed by atoms with Gasteiger partial charge in [-0.1, -0.05) is 29.8 Å². The van der Waals surface area contributed by atoms with E-state index in [4.69, 9.17) is 5.73 Å². The summed E-state index contributed by atoms with van der Waals surface area (Å²) in [6, 6.07) is 7.62. The van der Waals surface area contributed by atoms with Crippen LogP contribution in [0.2, 0.25) is 0 Å². The number of aryl methyl sites for hydroxylation is 1. The molecule has 1 rings (SSSR count). The molecule has 12 heavy (non-hydrogen) atoms. The largest absolute Gasteiger partial charge is 0.391 e. The molecule has 0 fully saturated rings. The van der Waals surface area contributed by atoms with Gasteiger partial charge in [0.05, 0.1) is 12.1 Å². The first-order valence-corrected chi connectivity index (χ1v) is 4.11. The van der Waals surface area contributed by atoms with Crippen LogP contribution in [0, 0.1) is 6.92 Å². The van der Waals surface area contributed by atoms with Crippen LogP contribution in [-0.2, 0) is 0 Å². The van der Waals surface area contributed by atoms with Gasteiger partial charge in [-0.05, 0) is 19.4 Å². The van der Waals surface area contributed by atoms with Gasteiger partial charge in [0.25, 0.3) is 0 Å². The predicted molar refractivity (Wildman–Crippen MR) is 49.8 cm³/mol. The minimum absolute atomic E-state index is 0.273. The van der Waals surface area contributed by atoms with Gasteiger partial charge in [-0.2, -0.15) is 0 Å². The lowest BCUT2D eigenvalue weighted by Crippen LogP contribution is -2.22. The lowest BCUT2D eigenvalue weighted by molar-refractivity contribution is 0.164. The van der Waals surface area contributed by atoms with Crippen LogP contribution < -0.4 is 5.73 Å². The fourth-order valence-electron chi connectivity index (χ4n) is 1.07. The molecule has 0 aliphatic rings. The fourth-order valence-corrected chi connectivity index (χ4v) is 1.07. The summed E-state index contributed by atoms with van der Waals surface area (Å²) in [5, 5.41) is 9.22. The second-order valence-corrected chi connectivity index (χ2v) is 3.18. The van der Waals surface area contributed by atoms with Gasteiger partial charge >= 0.3 is 0 Å². The molecule has 2 nitrogen and oxygen atoms in total. The highest BCUT2D eigenvalue weighted by Gasteiger charge is 2.10. The molecule has 0 saturated heterocycles. The van der Waals surface area contributed by atoms with Crippen molar-refractivity contribution >= 4 is 0 Å². The molecule has 0 amide bonds. The second-order valence-electron chi connectivity index (χ2n) is 3.18. The molecule has 66 valence electrons. The third kappa shape index (κ3) is 2.06. The van der Waals surface area contributed by atoms with Gasteiger partial charge in [-0.3, -0.25) is 0 Å². The highest BCUT2D eigenvalue weighted by Crippen LogP contribution is 2.14. The summed E-state index contributed by atoms with van der Waals surface area (Å²) in [7, 11) is 0. The molecule has 0 radical (unpaired) electrons. The number of nitrogens with two attached hydrogens (primary N) is 1. The van der Waals surface area contributed by atoms with E-state index in [9.17, 15) is 5.11 Å². The molecule has 2 heteroatoms. The second kappa shape index (κ2) is 3.70. The molecule has 0 unspecified atom stereocenters. The molecular weight excluding hydrogens is 150 g/mol. The first-order chi connectivity index (χ1) is 5.61. The van der Waals surface area contributed by atoms with Gasteiger partial charge < -0.3 is 10.8 Å². The minimum Gasteiger partial charge on any atom is -0.391 e. The Morgan fingerprint density at radius 2 is 1.75 bits per heavy atom. The van der Waals surface area contributed by atoms with Crippen LogP contribution in [-0.4, -0.2) is 11.2 Å². The summed E-state index contributed by atoms with van der Waals surface area (Å²) in [5.41, 5.74) is 7.93. The maximum Gasteiger partial charge on any atom is 0.0704 e. The van der Waals surface area contributed by atoms with Crippen molar-refractivity contribution in [1.29, 1.82) is 0 Å². The van der Waals surface area contributed by atoms with Crippen LogP contribution >= 0.6 is 0 Å². The maximum absolute atomic E-state index is 9.22. The van der Waals surface area contributed by atoms with Gasteiger partial charge in [-0.25, -0.2) is 0 Å². The summed E-state index contributed by atoms with van der Waals surface area (Å²) in [5.74, 6) is 0. The Bertz CT molecular complexity index is 241. The van der Waals surface area contributed by atoms with Crippen molar-refractivity contribution in [3.8, 4) is 0 Å². The average molecular weight is 165 g/mol. The zero-order valence-electron chi connectivity index (χ0n) is 7.49. The van der Waals surface area contributed by atoms with Crippen molar-refractivity contribution < 1.29 is 5.11 Å². The number of hydrogen-bond donors (Lipinski definition) is 2. The number of benzene rings is 1. The fraction of sp³-hybridized carbons (Fsp3) is 0.400. The van der Waals surface area contributed by atoms with E-state index in [2.05, 4.69) is 0 Å². The monoisotopic (exact) mass is 165 g/mol. The lowest BCUT2D eigenvalue weighted by atomic mass is 10.0. The van der Waals surface area contributed by atoms with Gasteiger partial charge in [-0.15, -0.1) is 0 Å². The van der Waals surface area contributed by atoms with E-state index in [1.165, 1.54) is 5.56 Å². The van der Waals surface area contributed by atoms with Crippen molar-refractivity contribution in [3.05, 3.63) is 35.4 Å². The Hall–Kier alpha value is -0.860. The molecule has 0 aliphatic heterocycles. The number of aliphatic hydroxyl groups is 1. The molecule has 2 atom stereocenters. The Morgan fingerprint density at radius 3 is 2.17 bits per heavy atom. The molecule has 1 aromatic rings. The Balaban J connectivity index is 2.82. The van der Waals surface area contributed by atoms with Crippen LogP contribution in [0.4, 0.5) is 0 Å². The predicted octanol–water partition coefficient (Wildman–Crippen LogP) is 1.38. The molecule has 0 aliphatic carbocycles. The van der Waals surface area contributed by atoms with Crippen LogP contribution in [0.3, 0.4) is 0 Å². The summed E-state index contributed by atoms with van der Waals surface area (Å²) in [6.07, 6.45) is -0.493. The number of rotatable bonds is 2. The van der Waals surface area contributed by atoms with E-state index in [0.29, 0.717) is 0 Å². The van der Waals surface area contributed by atoms with E-state index >= 15 is 0 Å². The van der Waals surface area contributed by atoms with Crippen molar-refractivity contribution in [2.45, 2.75) is 26.0 Å². The molecule has 1 aromatic carbocycles. The van der Waals surface area contributed by atoms with E-state index in [1.807, 2.05) is 31.2 Å². The van der Waals surface area contributed by atoms with E-state index in [1.54, 1.807) is 6.92 Å². The standard InChI is InChI=1S/C10H15NO/c1-7-3-5-9(6-4-7)10(11)8(2)12/h3-6,8,10,12H,11H2,1-2H3/t8-,10-/m0/s1. The third-order valence-corrected chi connectivity index (χ3v) is 1.98. The zero-order valence-corrected chi connectivity index (χ0v) is 7.49. The van der Waals surface area contributed by atoms with E-state index in [-0.39, 0.29) is 6.04 Å². The highest BCUT2D eigenvalue weighted by molar-refractivity contribution is 5.24. The normalized spacial score (nSPS) is 15.7. The van der Waals surface area contributed by atoms with Crippen LogP contribution in [0.15, 0.2) is 24.3 Å². The topological polar surface area (TPSA) is 46.2 Å². The van der Waals surface area contributed by atoms with Crippen molar-refractivity contribution in [3.63, 3.8) is 0 Å². The quantitative estimate of drug-likeness (QED) is 0.695. The Morgan fingerprint density at radius 1 is 1.25 bits per heavy atom. The first kappa shape index (κ1) is 9.23. The van der Waals surface area contributed by atoms with Gasteiger partial charge in [0.2, 0.25) is 0 Å². The third-order valence-electron chi connectivity index (χ3n) is 1.98. The summed E-state index contributed by atoms with van der Waals surface area (Å²) in [4.78, 5) is 0. The molecule has 0 heterocycles. The average Bonchev–Trinajstić information content (AvgIpc) is 2.04. The lowest BCUT2D eigenvalue weighted by Gasteiger charge is -2.14. The summed E-state index contributed by atoms with van der Waals surface area (Å²) in [6.45, 7) is 3.72.